The number of nitrogens with one attached hydrogen (secondary N) is 1. The molecule has 0 fully saturated rings. The van der Waals surface area contributed by atoms with Crippen molar-refractivity contribution in [1.82, 2.24) is 4.90 Å². The van der Waals surface area contributed by atoms with Gasteiger partial charge in [-0.1, -0.05) is 13.8 Å². The largest absolute Gasteiger partial charge is 0.496 e. The third-order valence-corrected chi connectivity index (χ3v) is 3.76. The molecule has 0 bridgehead atoms. The summed E-state index contributed by atoms with van der Waals surface area (Å²) in [5, 5.41) is 13.8. The lowest BCUT2D eigenvalue weighted by Crippen LogP contribution is -2.40. The summed E-state index contributed by atoms with van der Waals surface area (Å²) >= 11 is 0. The predicted molar refractivity (Wildman–Crippen MR) is 89.8 cm³/mol. The van der Waals surface area contributed by atoms with Gasteiger partial charge in [0.25, 0.3) is 5.69 Å². The molecule has 0 saturated heterocycles. The number of amides is 1. The predicted octanol–water partition coefficient (Wildman–Crippen LogP) is 2.91. The summed E-state index contributed by atoms with van der Waals surface area (Å²) < 4.78 is 4.98. The van der Waals surface area contributed by atoms with Gasteiger partial charge in [-0.3, -0.25) is 19.8 Å². The van der Waals surface area contributed by atoms with Gasteiger partial charge in [-0.25, -0.2) is 0 Å². The maximum absolute atomic E-state index is 12.3. The molecule has 128 valence electrons. The fraction of sp³-hybridized carbons (Fsp3) is 0.562. The van der Waals surface area contributed by atoms with Crippen LogP contribution in [0.5, 0.6) is 5.75 Å². The smallest absolute Gasteiger partial charge is 0.296 e. The Kier molecular flexibility index (Phi) is 6.96. The summed E-state index contributed by atoms with van der Waals surface area (Å²) in [4.78, 5) is 24.9. The van der Waals surface area contributed by atoms with Crippen LogP contribution >= 0.6 is 0 Å². The minimum Gasteiger partial charge on any atom is -0.496 e. The van der Waals surface area contributed by atoms with Crippen LogP contribution in [0.1, 0.15) is 27.2 Å². The van der Waals surface area contributed by atoms with Gasteiger partial charge in [0, 0.05) is 0 Å². The van der Waals surface area contributed by atoms with Crippen molar-refractivity contribution >= 4 is 17.3 Å². The number of hydrogen-bond donors (Lipinski definition) is 1. The molecule has 0 saturated carbocycles. The number of nitro benzene ring substituents is 1. The average Bonchev–Trinajstić information content (AvgIpc) is 2.51. The molecule has 1 aromatic carbocycles. The van der Waals surface area contributed by atoms with Crippen LogP contribution in [0.4, 0.5) is 11.4 Å². The van der Waals surface area contributed by atoms with Gasteiger partial charge in [0.15, 0.2) is 0 Å². The molecule has 0 aliphatic heterocycles. The van der Waals surface area contributed by atoms with E-state index in [2.05, 4.69) is 19.2 Å². The van der Waals surface area contributed by atoms with E-state index < -0.39 is 4.92 Å². The summed E-state index contributed by atoms with van der Waals surface area (Å²) in [5.41, 5.74) is -0.0142. The molecule has 1 atom stereocenters. The van der Waals surface area contributed by atoms with Gasteiger partial charge in [-0.2, -0.15) is 0 Å². The number of carbonyl (C=O) groups is 1. The first-order valence-electron chi connectivity index (χ1n) is 7.59. The third kappa shape index (κ3) is 5.52. The Balaban J connectivity index is 2.82. The molecule has 0 aromatic heterocycles. The second-order valence-corrected chi connectivity index (χ2v) is 5.97. The lowest BCUT2D eigenvalue weighted by atomic mass is 10.1. The first-order chi connectivity index (χ1) is 10.8. The number of carbonyl (C=O) groups excluding carboxylic acids is 1. The minimum absolute atomic E-state index is 0.171. The van der Waals surface area contributed by atoms with Crippen LogP contribution in [-0.2, 0) is 4.79 Å². The number of nitro groups is 1. The SMILES string of the molecule is COc1ccc(NC(=O)C(C)N(C)CCC(C)C)c([N+](=O)[O-])c1. The number of ether oxygens (including phenoxy) is 1. The normalized spacial score (nSPS) is 12.3. The monoisotopic (exact) mass is 323 g/mol. The first kappa shape index (κ1) is 18.9. The number of rotatable bonds is 8. The summed E-state index contributed by atoms with van der Waals surface area (Å²) in [6.45, 7) is 6.82. The molecule has 1 aromatic rings. The topological polar surface area (TPSA) is 84.7 Å². The van der Waals surface area contributed by atoms with Gasteiger partial charge in [0.2, 0.25) is 5.91 Å². The molecule has 1 N–H and O–H groups in total. The van der Waals surface area contributed by atoms with Crippen LogP contribution in [0.2, 0.25) is 0 Å². The molecule has 1 unspecified atom stereocenters. The van der Waals surface area contributed by atoms with Crippen molar-refractivity contribution < 1.29 is 14.5 Å². The molecule has 1 rings (SSSR count). The highest BCUT2D eigenvalue weighted by molar-refractivity contribution is 5.96. The summed E-state index contributed by atoms with van der Waals surface area (Å²) in [7, 11) is 3.30. The fourth-order valence-corrected chi connectivity index (χ4v) is 1.99. The maximum Gasteiger partial charge on any atom is 0.296 e. The van der Waals surface area contributed by atoms with Gasteiger partial charge in [-0.15, -0.1) is 0 Å². The zero-order valence-corrected chi connectivity index (χ0v) is 14.3. The summed E-state index contributed by atoms with van der Waals surface area (Å²) in [5.74, 6) is 0.650. The Labute approximate surface area is 136 Å². The van der Waals surface area contributed by atoms with Gasteiger partial charge >= 0.3 is 0 Å². The van der Waals surface area contributed by atoms with E-state index in [1.165, 1.54) is 19.2 Å². The lowest BCUT2D eigenvalue weighted by molar-refractivity contribution is -0.384. The van der Waals surface area contributed by atoms with E-state index in [1.54, 1.807) is 13.0 Å². The number of benzene rings is 1. The molecule has 1 amide bonds. The Morgan fingerprint density at radius 2 is 2.04 bits per heavy atom. The van der Waals surface area contributed by atoms with Gasteiger partial charge in [0.1, 0.15) is 11.4 Å². The zero-order valence-electron chi connectivity index (χ0n) is 14.3. The Morgan fingerprint density at radius 1 is 1.39 bits per heavy atom. The third-order valence-electron chi connectivity index (χ3n) is 3.76. The van der Waals surface area contributed by atoms with Crippen molar-refractivity contribution in [2.24, 2.45) is 5.92 Å². The molecule has 0 radical (unpaired) electrons. The van der Waals surface area contributed by atoms with E-state index in [0.717, 1.165) is 13.0 Å². The Bertz CT molecular complexity index is 560. The van der Waals surface area contributed by atoms with E-state index in [1.807, 2.05) is 11.9 Å². The fourth-order valence-electron chi connectivity index (χ4n) is 1.99. The van der Waals surface area contributed by atoms with E-state index in [4.69, 9.17) is 4.74 Å². The molecule has 0 aliphatic carbocycles. The molecular weight excluding hydrogens is 298 g/mol. The highest BCUT2D eigenvalue weighted by atomic mass is 16.6. The molecule has 7 heteroatoms. The van der Waals surface area contributed by atoms with Crippen LogP contribution in [0.3, 0.4) is 0 Å². The van der Waals surface area contributed by atoms with E-state index in [0.29, 0.717) is 11.7 Å². The minimum atomic E-state index is -0.536. The zero-order chi connectivity index (χ0) is 17.6. The van der Waals surface area contributed by atoms with Crippen molar-refractivity contribution in [2.45, 2.75) is 33.2 Å². The van der Waals surface area contributed by atoms with Crippen LogP contribution in [0.25, 0.3) is 0 Å². The second kappa shape index (κ2) is 8.47. The molecule has 0 heterocycles. The molecule has 0 spiro atoms. The summed E-state index contributed by atoms with van der Waals surface area (Å²) in [6, 6.07) is 3.98. The number of likely N-dealkylation sites (N-methyl/N-ethyl adjacent to an activating group) is 1. The van der Waals surface area contributed by atoms with Crippen LogP contribution in [0, 0.1) is 16.0 Å². The lowest BCUT2D eigenvalue weighted by Gasteiger charge is -2.24. The number of nitrogens with zero attached hydrogens (tertiary/aromatic N) is 2. The van der Waals surface area contributed by atoms with Crippen molar-refractivity contribution in [3.8, 4) is 5.75 Å². The van der Waals surface area contributed by atoms with Crippen molar-refractivity contribution in [3.05, 3.63) is 28.3 Å². The van der Waals surface area contributed by atoms with E-state index in [9.17, 15) is 14.9 Å². The van der Waals surface area contributed by atoms with Crippen LogP contribution in [-0.4, -0.2) is 42.5 Å². The van der Waals surface area contributed by atoms with Crippen LogP contribution < -0.4 is 10.1 Å². The highest BCUT2D eigenvalue weighted by Crippen LogP contribution is 2.29. The quantitative estimate of drug-likeness (QED) is 0.587. The van der Waals surface area contributed by atoms with Crippen LogP contribution in [0.15, 0.2) is 18.2 Å². The maximum atomic E-state index is 12.3. The van der Waals surface area contributed by atoms with Gasteiger partial charge in [0.05, 0.1) is 24.1 Å². The number of anilines is 1. The average molecular weight is 323 g/mol. The summed E-state index contributed by atoms with van der Waals surface area (Å²) in [6.07, 6.45) is 0.983. The van der Waals surface area contributed by atoms with E-state index in [-0.39, 0.29) is 23.3 Å². The van der Waals surface area contributed by atoms with Crippen molar-refractivity contribution in [3.63, 3.8) is 0 Å². The molecule has 0 aliphatic rings. The van der Waals surface area contributed by atoms with Crippen molar-refractivity contribution in [1.29, 1.82) is 0 Å². The molecular formula is C16H25N3O4. The first-order valence-corrected chi connectivity index (χ1v) is 7.59. The second-order valence-electron chi connectivity index (χ2n) is 5.97. The molecule has 7 nitrogen and oxygen atoms in total. The number of methoxy groups -OCH3 is 1. The highest BCUT2D eigenvalue weighted by Gasteiger charge is 2.22. The van der Waals surface area contributed by atoms with Gasteiger partial charge in [-0.05, 0) is 45.0 Å². The Morgan fingerprint density at radius 3 is 2.57 bits per heavy atom. The van der Waals surface area contributed by atoms with Gasteiger partial charge < -0.3 is 10.1 Å². The molecule has 23 heavy (non-hydrogen) atoms. The number of hydrogen-bond acceptors (Lipinski definition) is 5. The van der Waals surface area contributed by atoms with Crippen molar-refractivity contribution in [2.75, 3.05) is 26.0 Å². The van der Waals surface area contributed by atoms with E-state index >= 15 is 0 Å². The Hall–Kier alpha value is -2.15. The standard InChI is InChI=1S/C16H25N3O4/c1-11(2)8-9-18(4)12(3)16(20)17-14-7-6-13(23-5)10-15(14)19(21)22/h6-7,10-12H,8-9H2,1-5H3,(H,17,20).